The fourth-order valence-electron chi connectivity index (χ4n) is 3.64. The van der Waals surface area contributed by atoms with Crippen LogP contribution in [0, 0.1) is 0 Å². The van der Waals surface area contributed by atoms with Gasteiger partial charge in [0.1, 0.15) is 19.6 Å². The molecular formula is C16H19F3N4O5. The van der Waals surface area contributed by atoms with E-state index in [2.05, 4.69) is 0 Å². The summed E-state index contributed by atoms with van der Waals surface area (Å²) in [5, 5.41) is 0. The van der Waals surface area contributed by atoms with Gasteiger partial charge in [0.25, 0.3) is 5.91 Å². The number of likely N-dealkylation sites (tertiary alicyclic amines) is 2. The third kappa shape index (κ3) is 4.09. The first-order valence-corrected chi connectivity index (χ1v) is 8.85. The average molecular weight is 404 g/mol. The molecule has 3 saturated heterocycles. The topological polar surface area (TPSA) is 98.3 Å². The van der Waals surface area contributed by atoms with Gasteiger partial charge in [-0.2, -0.15) is 13.2 Å². The molecule has 12 heteroatoms. The van der Waals surface area contributed by atoms with Crippen LogP contribution in [0.3, 0.4) is 0 Å². The lowest BCUT2D eigenvalue weighted by molar-refractivity contribution is -0.151. The molecule has 0 spiro atoms. The van der Waals surface area contributed by atoms with E-state index in [0.717, 1.165) is 9.80 Å². The summed E-state index contributed by atoms with van der Waals surface area (Å²) in [5.41, 5.74) is 0. The third-order valence-corrected chi connectivity index (χ3v) is 5.13. The van der Waals surface area contributed by atoms with Crippen molar-refractivity contribution < 1.29 is 37.1 Å². The van der Waals surface area contributed by atoms with Crippen LogP contribution in [0.4, 0.5) is 18.0 Å². The summed E-state index contributed by atoms with van der Waals surface area (Å²) in [6, 6.07) is -1.42. The lowest BCUT2D eigenvalue weighted by Crippen LogP contribution is -2.50. The van der Waals surface area contributed by atoms with E-state index < -0.39 is 43.2 Å². The molecule has 3 heterocycles. The summed E-state index contributed by atoms with van der Waals surface area (Å²) < 4.78 is 37.6. The van der Waals surface area contributed by atoms with Gasteiger partial charge in [-0.25, -0.2) is 4.79 Å². The third-order valence-electron chi connectivity index (χ3n) is 5.13. The van der Waals surface area contributed by atoms with Gasteiger partial charge in [0.2, 0.25) is 17.7 Å². The number of nitrogens with zero attached hydrogens (tertiary/aromatic N) is 4. The van der Waals surface area contributed by atoms with Crippen molar-refractivity contribution in [2.45, 2.75) is 37.9 Å². The lowest BCUT2D eigenvalue weighted by atomic mass is 10.0. The molecular weight excluding hydrogens is 385 g/mol. The number of alkyl halides is 3. The number of urea groups is 1. The highest BCUT2D eigenvalue weighted by molar-refractivity contribution is 6.04. The second kappa shape index (κ2) is 7.40. The highest BCUT2D eigenvalue weighted by atomic mass is 19.4. The lowest BCUT2D eigenvalue weighted by Gasteiger charge is -2.36. The van der Waals surface area contributed by atoms with Crippen LogP contribution in [-0.2, 0) is 19.2 Å². The van der Waals surface area contributed by atoms with Crippen molar-refractivity contribution in [3.63, 3.8) is 0 Å². The zero-order valence-electron chi connectivity index (χ0n) is 14.9. The molecule has 0 atom stereocenters. The molecule has 3 rings (SSSR count). The molecule has 3 aliphatic rings. The van der Waals surface area contributed by atoms with Gasteiger partial charge >= 0.3 is 12.2 Å². The minimum Gasteiger partial charge on any atom is -0.341 e. The number of imide groups is 2. The molecule has 154 valence electrons. The fourth-order valence-corrected chi connectivity index (χ4v) is 3.64. The van der Waals surface area contributed by atoms with Crippen LogP contribution in [0.1, 0.15) is 25.7 Å². The smallest absolute Gasteiger partial charge is 0.341 e. The van der Waals surface area contributed by atoms with Gasteiger partial charge < -0.3 is 9.80 Å². The number of carbonyl (C=O) groups is 5. The molecule has 0 bridgehead atoms. The SMILES string of the molecule is O=C(CN1C(=O)CCC1=O)N1CCC(N2CC(=O)N(CC(F)(F)F)C2=O)CC1. The van der Waals surface area contributed by atoms with Gasteiger partial charge in [0.05, 0.1) is 0 Å². The standard InChI is InChI=1S/C16H19F3N4O5/c17-16(18,19)9-23-14(27)8-21(15(23)28)10-3-5-20(6-4-10)13(26)7-22-11(24)1-2-12(22)25/h10H,1-9H2. The Balaban J connectivity index is 1.53. The number of hydrogen-bond acceptors (Lipinski definition) is 5. The van der Waals surface area contributed by atoms with Crippen molar-refractivity contribution in [2.24, 2.45) is 0 Å². The molecule has 6 amide bonds. The molecule has 3 fully saturated rings. The molecule has 28 heavy (non-hydrogen) atoms. The molecule has 9 nitrogen and oxygen atoms in total. The van der Waals surface area contributed by atoms with Crippen LogP contribution in [0.15, 0.2) is 0 Å². The van der Waals surface area contributed by atoms with Crippen LogP contribution in [0.25, 0.3) is 0 Å². The van der Waals surface area contributed by atoms with E-state index in [4.69, 9.17) is 0 Å². The number of piperidine rings is 1. The maximum Gasteiger partial charge on any atom is 0.406 e. The Bertz CT molecular complexity index is 702. The quantitative estimate of drug-likeness (QED) is 0.484. The van der Waals surface area contributed by atoms with E-state index in [1.807, 2.05) is 0 Å². The van der Waals surface area contributed by atoms with Crippen LogP contribution in [-0.4, -0.2) is 94.2 Å². The molecule has 0 unspecified atom stereocenters. The molecule has 0 aliphatic carbocycles. The summed E-state index contributed by atoms with van der Waals surface area (Å²) in [6.45, 7) is -1.92. The highest BCUT2D eigenvalue weighted by Crippen LogP contribution is 2.25. The first-order valence-electron chi connectivity index (χ1n) is 8.85. The predicted octanol–water partition coefficient (Wildman–Crippen LogP) is -0.0471. The first kappa shape index (κ1) is 20.1. The number of hydrogen-bond donors (Lipinski definition) is 0. The second-order valence-electron chi connectivity index (χ2n) is 6.99. The maximum absolute atomic E-state index is 12.5. The number of rotatable bonds is 4. The van der Waals surface area contributed by atoms with E-state index in [0.29, 0.717) is 12.8 Å². The van der Waals surface area contributed by atoms with Crippen molar-refractivity contribution in [1.82, 2.24) is 19.6 Å². The van der Waals surface area contributed by atoms with E-state index >= 15 is 0 Å². The minimum atomic E-state index is -4.67. The van der Waals surface area contributed by atoms with Crippen molar-refractivity contribution in [3.8, 4) is 0 Å². The second-order valence-corrected chi connectivity index (χ2v) is 6.99. The Morgan fingerprint density at radius 3 is 2.04 bits per heavy atom. The monoisotopic (exact) mass is 404 g/mol. The molecule has 0 aromatic carbocycles. The maximum atomic E-state index is 12.5. The number of halogens is 3. The summed E-state index contributed by atoms with van der Waals surface area (Å²) in [5.74, 6) is -2.07. The first-order chi connectivity index (χ1) is 13.1. The van der Waals surface area contributed by atoms with E-state index in [9.17, 15) is 37.1 Å². The van der Waals surface area contributed by atoms with Gasteiger partial charge in [-0.15, -0.1) is 0 Å². The molecule has 0 radical (unpaired) electrons. The normalized spacial score (nSPS) is 22.1. The van der Waals surface area contributed by atoms with Gasteiger partial charge in [0, 0.05) is 32.0 Å². The Morgan fingerprint density at radius 2 is 1.50 bits per heavy atom. The van der Waals surface area contributed by atoms with E-state index in [1.165, 1.54) is 4.90 Å². The van der Waals surface area contributed by atoms with E-state index in [-0.39, 0.29) is 49.2 Å². The summed E-state index contributed by atoms with van der Waals surface area (Å²) in [4.78, 5) is 63.1. The summed E-state index contributed by atoms with van der Waals surface area (Å²) >= 11 is 0. The van der Waals surface area contributed by atoms with Gasteiger partial charge in [-0.1, -0.05) is 0 Å². The molecule has 0 saturated carbocycles. The van der Waals surface area contributed by atoms with Crippen molar-refractivity contribution in [3.05, 3.63) is 0 Å². The summed E-state index contributed by atoms with van der Waals surface area (Å²) in [7, 11) is 0. The van der Waals surface area contributed by atoms with Crippen molar-refractivity contribution >= 4 is 29.7 Å². The van der Waals surface area contributed by atoms with Crippen LogP contribution >= 0.6 is 0 Å². The summed E-state index contributed by atoms with van der Waals surface area (Å²) in [6.07, 6.45) is -3.89. The number of carbonyl (C=O) groups excluding carboxylic acids is 5. The van der Waals surface area contributed by atoms with Crippen molar-refractivity contribution in [1.29, 1.82) is 0 Å². The van der Waals surface area contributed by atoms with Gasteiger partial charge in [-0.05, 0) is 12.8 Å². The van der Waals surface area contributed by atoms with Crippen LogP contribution in [0.5, 0.6) is 0 Å². The predicted molar refractivity (Wildman–Crippen MR) is 85.4 cm³/mol. The van der Waals surface area contributed by atoms with Gasteiger partial charge in [-0.3, -0.25) is 29.0 Å². The van der Waals surface area contributed by atoms with Gasteiger partial charge in [0.15, 0.2) is 0 Å². The van der Waals surface area contributed by atoms with Crippen molar-refractivity contribution in [2.75, 3.05) is 32.7 Å². The minimum absolute atomic E-state index is 0.0910. The zero-order chi connectivity index (χ0) is 20.6. The highest BCUT2D eigenvalue weighted by Gasteiger charge is 2.45. The molecule has 0 aromatic rings. The zero-order valence-corrected chi connectivity index (χ0v) is 14.9. The van der Waals surface area contributed by atoms with E-state index in [1.54, 1.807) is 0 Å². The Labute approximate surface area is 158 Å². The molecule has 0 aromatic heterocycles. The van der Waals surface area contributed by atoms with Crippen LogP contribution < -0.4 is 0 Å². The fraction of sp³-hybridized carbons (Fsp3) is 0.688. The Morgan fingerprint density at radius 1 is 0.929 bits per heavy atom. The average Bonchev–Trinajstić information content (AvgIpc) is 3.08. The number of amides is 6. The molecule has 3 aliphatic heterocycles. The van der Waals surface area contributed by atoms with Crippen LogP contribution in [0.2, 0.25) is 0 Å². The Kier molecular flexibility index (Phi) is 5.31. The Hall–Kier alpha value is -2.66. The molecule has 0 N–H and O–H groups in total. The largest absolute Gasteiger partial charge is 0.406 e.